The van der Waals surface area contributed by atoms with Crippen molar-refractivity contribution in [1.29, 1.82) is 0 Å². The van der Waals surface area contributed by atoms with Crippen LogP contribution in [0, 0.1) is 0 Å². The van der Waals surface area contributed by atoms with Crippen LogP contribution in [0.2, 0.25) is 5.02 Å². The smallest absolute Gasteiger partial charge is 0.0951 e. The summed E-state index contributed by atoms with van der Waals surface area (Å²) in [7, 11) is 0. The standard InChI is InChI=1S/C15H16ClNO/c16-14-8-6-13(7-9-14)15(10-17)18-11-12-4-2-1-3-5-12/h1-9,15H,10-11,17H2. The lowest BCUT2D eigenvalue weighted by Crippen LogP contribution is -2.15. The maximum atomic E-state index is 5.86. The molecule has 0 aromatic heterocycles. The maximum Gasteiger partial charge on any atom is 0.0951 e. The van der Waals surface area contributed by atoms with Crippen molar-refractivity contribution < 1.29 is 4.74 Å². The van der Waals surface area contributed by atoms with Gasteiger partial charge in [0, 0.05) is 11.6 Å². The van der Waals surface area contributed by atoms with Crippen LogP contribution in [0.3, 0.4) is 0 Å². The van der Waals surface area contributed by atoms with E-state index in [0.29, 0.717) is 13.2 Å². The lowest BCUT2D eigenvalue weighted by Gasteiger charge is -2.16. The lowest BCUT2D eigenvalue weighted by molar-refractivity contribution is 0.0456. The van der Waals surface area contributed by atoms with E-state index >= 15 is 0 Å². The summed E-state index contributed by atoms with van der Waals surface area (Å²) in [6.07, 6.45) is -0.0949. The molecule has 0 aliphatic rings. The van der Waals surface area contributed by atoms with E-state index < -0.39 is 0 Å². The summed E-state index contributed by atoms with van der Waals surface area (Å²) in [5.74, 6) is 0. The van der Waals surface area contributed by atoms with Gasteiger partial charge in [-0.2, -0.15) is 0 Å². The third kappa shape index (κ3) is 3.57. The van der Waals surface area contributed by atoms with Crippen molar-refractivity contribution in [1.82, 2.24) is 0 Å². The highest BCUT2D eigenvalue weighted by Crippen LogP contribution is 2.20. The molecule has 0 fully saturated rings. The van der Waals surface area contributed by atoms with Gasteiger partial charge < -0.3 is 10.5 Å². The van der Waals surface area contributed by atoms with E-state index in [-0.39, 0.29) is 6.10 Å². The van der Waals surface area contributed by atoms with Gasteiger partial charge in [0.1, 0.15) is 0 Å². The molecule has 0 amide bonds. The first-order valence-electron chi connectivity index (χ1n) is 5.90. The zero-order valence-corrected chi connectivity index (χ0v) is 10.8. The van der Waals surface area contributed by atoms with Gasteiger partial charge in [0.05, 0.1) is 12.7 Å². The van der Waals surface area contributed by atoms with Gasteiger partial charge in [-0.25, -0.2) is 0 Å². The second kappa shape index (κ2) is 6.55. The first-order chi connectivity index (χ1) is 8.79. The normalized spacial score (nSPS) is 12.3. The predicted octanol–water partition coefficient (Wildman–Crippen LogP) is 3.56. The maximum absolute atomic E-state index is 5.86. The van der Waals surface area contributed by atoms with Gasteiger partial charge in [-0.3, -0.25) is 0 Å². The number of rotatable bonds is 5. The molecule has 0 heterocycles. The fourth-order valence-corrected chi connectivity index (χ4v) is 1.87. The van der Waals surface area contributed by atoms with Gasteiger partial charge in [0.15, 0.2) is 0 Å². The molecule has 0 bridgehead atoms. The summed E-state index contributed by atoms with van der Waals surface area (Å²) in [5.41, 5.74) is 7.95. The Morgan fingerprint density at radius 3 is 2.28 bits per heavy atom. The monoisotopic (exact) mass is 261 g/mol. The summed E-state index contributed by atoms with van der Waals surface area (Å²) in [5, 5.41) is 0.720. The average molecular weight is 262 g/mol. The largest absolute Gasteiger partial charge is 0.368 e. The SMILES string of the molecule is NCC(OCc1ccccc1)c1ccc(Cl)cc1. The van der Waals surface area contributed by atoms with Crippen molar-refractivity contribution in [3.63, 3.8) is 0 Å². The van der Waals surface area contributed by atoms with Gasteiger partial charge in [-0.1, -0.05) is 54.1 Å². The molecule has 0 saturated carbocycles. The minimum Gasteiger partial charge on any atom is -0.368 e. The third-order valence-corrected chi connectivity index (χ3v) is 3.00. The third-order valence-electron chi connectivity index (χ3n) is 2.75. The number of halogens is 1. The molecule has 18 heavy (non-hydrogen) atoms. The van der Waals surface area contributed by atoms with Crippen LogP contribution in [0.1, 0.15) is 17.2 Å². The molecule has 0 aliphatic carbocycles. The quantitative estimate of drug-likeness (QED) is 0.893. The van der Waals surface area contributed by atoms with Gasteiger partial charge in [-0.15, -0.1) is 0 Å². The van der Waals surface area contributed by atoms with Crippen molar-refractivity contribution in [3.05, 3.63) is 70.7 Å². The molecule has 3 heteroatoms. The van der Waals surface area contributed by atoms with Crippen LogP contribution in [0.15, 0.2) is 54.6 Å². The number of benzene rings is 2. The molecular weight excluding hydrogens is 246 g/mol. The van der Waals surface area contributed by atoms with Gasteiger partial charge in [0.2, 0.25) is 0 Å². The van der Waals surface area contributed by atoms with Crippen molar-refractivity contribution in [3.8, 4) is 0 Å². The Morgan fingerprint density at radius 2 is 1.67 bits per heavy atom. The topological polar surface area (TPSA) is 35.2 Å². The van der Waals surface area contributed by atoms with Crippen LogP contribution < -0.4 is 5.73 Å². The molecule has 2 N–H and O–H groups in total. The van der Waals surface area contributed by atoms with Crippen molar-refractivity contribution >= 4 is 11.6 Å². The van der Waals surface area contributed by atoms with Crippen LogP contribution in [-0.4, -0.2) is 6.54 Å². The van der Waals surface area contributed by atoms with E-state index in [9.17, 15) is 0 Å². The number of nitrogens with two attached hydrogens (primary N) is 1. The molecule has 2 nitrogen and oxygen atoms in total. The Balaban J connectivity index is 1.99. The summed E-state index contributed by atoms with van der Waals surface area (Å²) in [6, 6.07) is 17.7. The Bertz CT molecular complexity index is 470. The number of ether oxygens (including phenoxy) is 1. The van der Waals surface area contributed by atoms with Crippen LogP contribution in [0.4, 0.5) is 0 Å². The van der Waals surface area contributed by atoms with E-state index in [0.717, 1.165) is 16.1 Å². The van der Waals surface area contributed by atoms with Gasteiger partial charge in [-0.05, 0) is 23.3 Å². The Kier molecular flexibility index (Phi) is 4.76. The molecule has 1 atom stereocenters. The average Bonchev–Trinajstić information content (AvgIpc) is 2.42. The molecule has 0 radical (unpaired) electrons. The highest BCUT2D eigenvalue weighted by Gasteiger charge is 2.09. The van der Waals surface area contributed by atoms with Gasteiger partial charge in [0.25, 0.3) is 0 Å². The zero-order chi connectivity index (χ0) is 12.8. The minimum absolute atomic E-state index is 0.0949. The summed E-state index contributed by atoms with van der Waals surface area (Å²) < 4.78 is 5.84. The zero-order valence-electron chi connectivity index (χ0n) is 10.1. The first kappa shape index (κ1) is 13.1. The van der Waals surface area contributed by atoms with Crippen LogP contribution in [0.5, 0.6) is 0 Å². The summed E-state index contributed by atoms with van der Waals surface area (Å²) in [6.45, 7) is 1.01. The fraction of sp³-hybridized carbons (Fsp3) is 0.200. The Morgan fingerprint density at radius 1 is 1.00 bits per heavy atom. The molecule has 2 aromatic rings. The number of hydrogen-bond donors (Lipinski definition) is 1. The molecule has 2 aromatic carbocycles. The van der Waals surface area contributed by atoms with E-state index in [1.54, 1.807) is 0 Å². The molecular formula is C15H16ClNO. The molecule has 0 aliphatic heterocycles. The van der Waals surface area contributed by atoms with Gasteiger partial charge >= 0.3 is 0 Å². The Hall–Kier alpha value is -1.35. The fourth-order valence-electron chi connectivity index (χ4n) is 1.75. The van der Waals surface area contributed by atoms with E-state index in [2.05, 4.69) is 0 Å². The molecule has 94 valence electrons. The van der Waals surface area contributed by atoms with Crippen LogP contribution in [0.25, 0.3) is 0 Å². The highest BCUT2D eigenvalue weighted by atomic mass is 35.5. The second-order valence-electron chi connectivity index (χ2n) is 4.07. The lowest BCUT2D eigenvalue weighted by atomic mass is 10.1. The first-order valence-corrected chi connectivity index (χ1v) is 6.28. The highest BCUT2D eigenvalue weighted by molar-refractivity contribution is 6.30. The predicted molar refractivity (Wildman–Crippen MR) is 74.5 cm³/mol. The number of hydrogen-bond acceptors (Lipinski definition) is 2. The van der Waals surface area contributed by atoms with E-state index in [1.807, 2.05) is 54.6 Å². The molecule has 0 saturated heterocycles. The van der Waals surface area contributed by atoms with E-state index in [4.69, 9.17) is 22.1 Å². The van der Waals surface area contributed by atoms with Crippen molar-refractivity contribution in [2.45, 2.75) is 12.7 Å². The molecule has 1 unspecified atom stereocenters. The summed E-state index contributed by atoms with van der Waals surface area (Å²) >= 11 is 5.86. The van der Waals surface area contributed by atoms with E-state index in [1.165, 1.54) is 0 Å². The second-order valence-corrected chi connectivity index (χ2v) is 4.51. The van der Waals surface area contributed by atoms with Crippen molar-refractivity contribution in [2.24, 2.45) is 5.73 Å². The molecule has 2 rings (SSSR count). The van der Waals surface area contributed by atoms with Crippen LogP contribution in [-0.2, 0) is 11.3 Å². The van der Waals surface area contributed by atoms with Crippen LogP contribution >= 0.6 is 11.6 Å². The van der Waals surface area contributed by atoms with Crippen molar-refractivity contribution in [2.75, 3.05) is 6.54 Å². The summed E-state index contributed by atoms with van der Waals surface area (Å²) in [4.78, 5) is 0. The Labute approximate surface area is 112 Å². The minimum atomic E-state index is -0.0949. The molecule has 0 spiro atoms.